The first-order valence-electron chi connectivity index (χ1n) is 12.7. The van der Waals surface area contributed by atoms with Crippen LogP contribution in [0, 0.1) is 0 Å². The number of hydrogen-bond acceptors (Lipinski definition) is 7. The van der Waals surface area contributed by atoms with Crippen LogP contribution in [0.3, 0.4) is 0 Å². The molecule has 0 bridgehead atoms. The molecule has 1 aliphatic rings. The van der Waals surface area contributed by atoms with E-state index in [4.69, 9.17) is 9.15 Å². The van der Waals surface area contributed by atoms with Crippen molar-refractivity contribution in [2.24, 2.45) is 0 Å². The summed E-state index contributed by atoms with van der Waals surface area (Å²) in [5.74, 6) is 3.42. The van der Waals surface area contributed by atoms with Gasteiger partial charge < -0.3 is 19.8 Å². The first kappa shape index (κ1) is 30.3. The standard InChI is InChI=1S/C23H24N2O5.C3H6S2.C2H6/c1-2-3-9-22(27)24-12-13-25-23(28)29-17-10-11-20-18(14-17)19(26)15-21(30-20)16-7-5-4-6-8-16;1-2-4-5-3-1;1-2/h4-8,10-11,14-15H,2-3,9,12-13H2,1H3,(H,24,27)(H,25,28);1-3H2;1-2H3. The number of carbonyl (C=O) groups excluding carboxylic acids is 2. The molecule has 0 saturated carbocycles. The summed E-state index contributed by atoms with van der Waals surface area (Å²) in [5, 5.41) is 5.60. The van der Waals surface area contributed by atoms with Crippen molar-refractivity contribution in [1.82, 2.24) is 10.6 Å². The summed E-state index contributed by atoms with van der Waals surface area (Å²) < 4.78 is 11.0. The minimum absolute atomic E-state index is 0.0388. The van der Waals surface area contributed by atoms with E-state index in [1.54, 1.807) is 12.1 Å². The highest BCUT2D eigenvalue weighted by atomic mass is 33.1. The second kappa shape index (κ2) is 17.5. The number of carbonyl (C=O) groups is 2. The fraction of sp³-hybridized carbons (Fsp3) is 0.393. The van der Waals surface area contributed by atoms with Gasteiger partial charge in [0.15, 0.2) is 5.43 Å². The van der Waals surface area contributed by atoms with E-state index < -0.39 is 6.09 Å². The lowest BCUT2D eigenvalue weighted by Gasteiger charge is -2.09. The molecule has 37 heavy (non-hydrogen) atoms. The molecule has 1 aromatic heterocycles. The van der Waals surface area contributed by atoms with E-state index in [0.29, 0.717) is 29.7 Å². The molecule has 0 radical (unpaired) electrons. The molecule has 2 amide bonds. The van der Waals surface area contributed by atoms with Crippen molar-refractivity contribution in [2.45, 2.75) is 46.5 Å². The number of benzene rings is 2. The van der Waals surface area contributed by atoms with Gasteiger partial charge in [-0.25, -0.2) is 4.79 Å². The predicted molar refractivity (Wildman–Crippen MR) is 155 cm³/mol. The largest absolute Gasteiger partial charge is 0.456 e. The van der Waals surface area contributed by atoms with Crippen LogP contribution in [-0.2, 0) is 4.79 Å². The first-order valence-corrected chi connectivity index (χ1v) is 15.2. The van der Waals surface area contributed by atoms with Crippen molar-refractivity contribution in [2.75, 3.05) is 24.6 Å². The van der Waals surface area contributed by atoms with E-state index in [9.17, 15) is 14.4 Å². The van der Waals surface area contributed by atoms with E-state index in [-0.39, 0.29) is 23.6 Å². The molecule has 0 unspecified atom stereocenters. The van der Waals surface area contributed by atoms with Crippen molar-refractivity contribution in [3.63, 3.8) is 0 Å². The van der Waals surface area contributed by atoms with E-state index in [2.05, 4.69) is 10.6 Å². The Morgan fingerprint density at radius 2 is 1.68 bits per heavy atom. The van der Waals surface area contributed by atoms with Gasteiger partial charge in [-0.1, -0.05) is 79.1 Å². The van der Waals surface area contributed by atoms with Gasteiger partial charge in [-0.2, -0.15) is 0 Å². The molecule has 0 aliphatic carbocycles. The summed E-state index contributed by atoms with van der Waals surface area (Å²) in [6.07, 6.45) is 3.03. The SMILES string of the molecule is C1CSSC1.CC.CCCCC(=O)NCCNC(=O)Oc1ccc2oc(-c3ccccc3)cc(=O)c2c1. The molecule has 3 aromatic rings. The Balaban J connectivity index is 0.000000602. The van der Waals surface area contributed by atoms with Gasteiger partial charge in [0.25, 0.3) is 0 Å². The molecule has 4 rings (SSSR count). The second-order valence-electron chi connectivity index (χ2n) is 7.77. The second-order valence-corrected chi connectivity index (χ2v) is 10.5. The maximum absolute atomic E-state index is 12.5. The molecule has 2 N–H and O–H groups in total. The Hall–Kier alpha value is -2.91. The quantitative estimate of drug-likeness (QED) is 0.242. The summed E-state index contributed by atoms with van der Waals surface area (Å²) >= 11 is 0. The molecular formula is C28H36N2O5S2. The third-order valence-electron chi connectivity index (χ3n) is 4.98. The van der Waals surface area contributed by atoms with Crippen LogP contribution in [0.15, 0.2) is 63.8 Å². The molecule has 0 spiro atoms. The number of unbranched alkanes of at least 4 members (excludes halogenated alkanes) is 1. The van der Waals surface area contributed by atoms with Crippen LogP contribution in [0.5, 0.6) is 5.75 Å². The first-order chi connectivity index (χ1) is 18.1. The number of ether oxygens (including phenoxy) is 1. The topological polar surface area (TPSA) is 97.6 Å². The van der Waals surface area contributed by atoms with Crippen molar-refractivity contribution in [1.29, 1.82) is 0 Å². The molecule has 1 aliphatic heterocycles. The Bertz CT molecular complexity index is 1160. The molecule has 1 fully saturated rings. The van der Waals surface area contributed by atoms with E-state index in [1.807, 2.05) is 72.7 Å². The Kier molecular flexibility index (Phi) is 14.4. The number of rotatable bonds is 8. The average Bonchev–Trinajstić information content (AvgIpc) is 3.52. The van der Waals surface area contributed by atoms with E-state index in [1.165, 1.54) is 30.1 Å². The number of nitrogens with one attached hydrogen (secondary N) is 2. The van der Waals surface area contributed by atoms with Gasteiger partial charge in [-0.05, 0) is 31.0 Å². The lowest BCUT2D eigenvalue weighted by molar-refractivity contribution is -0.121. The van der Waals surface area contributed by atoms with Crippen molar-refractivity contribution < 1.29 is 18.7 Å². The summed E-state index contributed by atoms with van der Waals surface area (Å²) in [5.41, 5.74) is 0.984. The van der Waals surface area contributed by atoms with Crippen LogP contribution in [0.2, 0.25) is 0 Å². The number of hydrogen-bond donors (Lipinski definition) is 2. The smallest absolute Gasteiger partial charge is 0.412 e. The maximum Gasteiger partial charge on any atom is 0.412 e. The van der Waals surface area contributed by atoms with Gasteiger partial charge in [0.05, 0.1) is 5.39 Å². The van der Waals surface area contributed by atoms with E-state index in [0.717, 1.165) is 18.4 Å². The van der Waals surface area contributed by atoms with Crippen molar-refractivity contribution in [3.05, 3.63) is 64.8 Å². The molecule has 200 valence electrons. The highest BCUT2D eigenvalue weighted by Gasteiger charge is 2.10. The van der Waals surface area contributed by atoms with Crippen LogP contribution in [0.4, 0.5) is 4.79 Å². The molecular weight excluding hydrogens is 508 g/mol. The van der Waals surface area contributed by atoms with Gasteiger partial charge in [-0.15, -0.1) is 0 Å². The van der Waals surface area contributed by atoms with Gasteiger partial charge in [0.2, 0.25) is 5.91 Å². The normalized spacial score (nSPS) is 12.0. The van der Waals surface area contributed by atoms with Crippen molar-refractivity contribution in [3.8, 4) is 17.1 Å². The molecule has 2 heterocycles. The fourth-order valence-corrected chi connectivity index (χ4v) is 5.53. The molecule has 0 atom stereocenters. The van der Waals surface area contributed by atoms with Crippen LogP contribution in [-0.4, -0.2) is 36.6 Å². The summed E-state index contributed by atoms with van der Waals surface area (Å²) in [7, 11) is 3.98. The lowest BCUT2D eigenvalue weighted by Crippen LogP contribution is -2.35. The summed E-state index contributed by atoms with van der Waals surface area (Å²) in [6, 6.07) is 15.4. The minimum Gasteiger partial charge on any atom is -0.456 e. The third kappa shape index (κ3) is 10.9. The van der Waals surface area contributed by atoms with Crippen LogP contribution in [0.1, 0.15) is 46.5 Å². The average molecular weight is 545 g/mol. The van der Waals surface area contributed by atoms with Gasteiger partial charge in [-0.3, -0.25) is 9.59 Å². The van der Waals surface area contributed by atoms with Gasteiger partial charge in [0, 0.05) is 42.6 Å². The zero-order chi connectivity index (χ0) is 26.9. The van der Waals surface area contributed by atoms with Gasteiger partial charge >= 0.3 is 6.09 Å². The number of amides is 2. The van der Waals surface area contributed by atoms with E-state index >= 15 is 0 Å². The van der Waals surface area contributed by atoms with Crippen molar-refractivity contribution >= 4 is 44.6 Å². The molecule has 2 aromatic carbocycles. The summed E-state index contributed by atoms with van der Waals surface area (Å²) in [4.78, 5) is 36.0. The lowest BCUT2D eigenvalue weighted by atomic mass is 10.1. The fourth-order valence-electron chi connectivity index (χ4n) is 3.17. The Morgan fingerprint density at radius 3 is 2.32 bits per heavy atom. The Labute approximate surface area is 226 Å². The highest BCUT2D eigenvalue weighted by Crippen LogP contribution is 2.29. The minimum atomic E-state index is -0.664. The third-order valence-corrected chi connectivity index (χ3v) is 7.56. The maximum atomic E-state index is 12.5. The van der Waals surface area contributed by atoms with Gasteiger partial charge in [0.1, 0.15) is 17.1 Å². The van der Waals surface area contributed by atoms with Crippen LogP contribution < -0.4 is 20.8 Å². The zero-order valence-electron chi connectivity index (χ0n) is 21.7. The zero-order valence-corrected chi connectivity index (χ0v) is 23.3. The summed E-state index contributed by atoms with van der Waals surface area (Å²) in [6.45, 7) is 6.58. The molecule has 7 nitrogen and oxygen atoms in total. The van der Waals surface area contributed by atoms with Crippen LogP contribution >= 0.6 is 21.6 Å². The number of fused-ring (bicyclic) bond motifs is 1. The molecule has 1 saturated heterocycles. The highest BCUT2D eigenvalue weighted by molar-refractivity contribution is 8.77. The molecule has 9 heteroatoms. The monoisotopic (exact) mass is 544 g/mol. The van der Waals surface area contributed by atoms with Crippen LogP contribution in [0.25, 0.3) is 22.3 Å². The predicted octanol–water partition coefficient (Wildman–Crippen LogP) is 6.65. The Morgan fingerprint density at radius 1 is 0.973 bits per heavy atom.